The predicted octanol–water partition coefficient (Wildman–Crippen LogP) is 2.64. The van der Waals surface area contributed by atoms with E-state index in [2.05, 4.69) is 37.7 Å². The van der Waals surface area contributed by atoms with E-state index in [1.54, 1.807) is 41.5 Å². The van der Waals surface area contributed by atoms with Crippen LogP contribution in [0.2, 0.25) is 0 Å². The van der Waals surface area contributed by atoms with Crippen molar-refractivity contribution >= 4 is 17.2 Å². The van der Waals surface area contributed by atoms with Gasteiger partial charge in [-0.1, -0.05) is 13.0 Å². The van der Waals surface area contributed by atoms with Crippen LogP contribution in [0.4, 0.5) is 0 Å². The summed E-state index contributed by atoms with van der Waals surface area (Å²) >= 11 is 1.78. The highest BCUT2D eigenvalue weighted by atomic mass is 32.1. The number of carbonyl (C=O) groups excluding carboxylic acids is 1. The predicted molar refractivity (Wildman–Crippen MR) is 115 cm³/mol. The van der Waals surface area contributed by atoms with Gasteiger partial charge < -0.3 is 9.64 Å². The Kier molecular flexibility index (Phi) is 6.39. The van der Waals surface area contributed by atoms with E-state index in [1.807, 2.05) is 11.8 Å². The molecule has 0 radical (unpaired) electrons. The molecule has 8 nitrogen and oxygen atoms in total. The largest absolute Gasteiger partial charge is 0.480 e. The van der Waals surface area contributed by atoms with Gasteiger partial charge in [0.1, 0.15) is 0 Å². The van der Waals surface area contributed by atoms with E-state index in [1.165, 1.54) is 4.88 Å². The third kappa shape index (κ3) is 4.36. The second-order valence-corrected chi connectivity index (χ2v) is 8.24. The number of ether oxygens (including phenoxy) is 1. The minimum absolute atomic E-state index is 0.0394. The molecule has 158 valence electrons. The molecule has 0 atom stereocenters. The molecule has 0 aromatic carbocycles. The molecule has 0 N–H and O–H groups in total. The number of methoxy groups -OCH3 is 1. The molecule has 1 saturated heterocycles. The third-order valence-electron chi connectivity index (χ3n) is 5.32. The van der Waals surface area contributed by atoms with Crippen molar-refractivity contribution in [2.75, 3.05) is 33.3 Å². The second kappa shape index (κ2) is 9.36. The number of rotatable bonds is 6. The molecule has 1 aliphatic heterocycles. The van der Waals surface area contributed by atoms with E-state index >= 15 is 0 Å². The number of aromatic nitrogens is 4. The van der Waals surface area contributed by atoms with E-state index in [0.717, 1.165) is 44.8 Å². The van der Waals surface area contributed by atoms with Crippen LogP contribution in [0, 0.1) is 0 Å². The first kappa shape index (κ1) is 20.5. The zero-order chi connectivity index (χ0) is 20.9. The lowest BCUT2D eigenvalue weighted by Crippen LogP contribution is -2.35. The molecule has 1 fully saturated rings. The van der Waals surface area contributed by atoms with Crippen LogP contribution in [0.25, 0.3) is 5.82 Å². The average molecular weight is 427 g/mol. The van der Waals surface area contributed by atoms with Gasteiger partial charge in [-0.15, -0.1) is 21.5 Å². The van der Waals surface area contributed by atoms with Crippen LogP contribution in [0.15, 0.2) is 35.8 Å². The third-order valence-corrected chi connectivity index (χ3v) is 6.18. The summed E-state index contributed by atoms with van der Waals surface area (Å²) in [5.41, 5.74) is 1.49. The first-order valence-corrected chi connectivity index (χ1v) is 11.1. The fraction of sp³-hybridized carbons (Fsp3) is 0.429. The Morgan fingerprint density at radius 3 is 2.77 bits per heavy atom. The van der Waals surface area contributed by atoms with E-state index in [-0.39, 0.29) is 5.91 Å². The Morgan fingerprint density at radius 2 is 2.07 bits per heavy atom. The number of hydrogen-bond donors (Lipinski definition) is 0. The quantitative estimate of drug-likeness (QED) is 0.603. The molecule has 1 aliphatic rings. The van der Waals surface area contributed by atoms with E-state index in [0.29, 0.717) is 23.7 Å². The van der Waals surface area contributed by atoms with Gasteiger partial charge in [0.15, 0.2) is 5.82 Å². The Labute approximate surface area is 180 Å². The maximum absolute atomic E-state index is 13.3. The molecule has 4 rings (SSSR count). The maximum atomic E-state index is 13.3. The number of amides is 1. The number of hydrogen-bond acceptors (Lipinski definition) is 7. The van der Waals surface area contributed by atoms with Crippen LogP contribution in [0.5, 0.6) is 5.88 Å². The lowest BCUT2D eigenvalue weighted by Gasteiger charge is -2.21. The molecule has 0 bridgehead atoms. The molecular weight excluding hydrogens is 400 g/mol. The molecule has 0 unspecified atom stereocenters. The molecule has 4 heterocycles. The van der Waals surface area contributed by atoms with Crippen molar-refractivity contribution in [1.29, 1.82) is 0 Å². The minimum Gasteiger partial charge on any atom is -0.480 e. The normalized spacial score (nSPS) is 15.2. The minimum atomic E-state index is 0.0394. The fourth-order valence-electron chi connectivity index (χ4n) is 3.75. The fourth-order valence-corrected chi connectivity index (χ4v) is 4.50. The SMILES string of the molecule is CCc1c(C(=O)N2CCCN(Cc3cccs3)CC2)cnn1-c1ccc(OC)nn1. The highest BCUT2D eigenvalue weighted by Gasteiger charge is 2.25. The van der Waals surface area contributed by atoms with Gasteiger partial charge in [0, 0.05) is 43.7 Å². The Balaban J connectivity index is 1.48. The molecule has 1 amide bonds. The van der Waals surface area contributed by atoms with Crippen LogP contribution >= 0.6 is 11.3 Å². The van der Waals surface area contributed by atoms with Gasteiger partial charge in [-0.2, -0.15) is 5.10 Å². The van der Waals surface area contributed by atoms with Crippen LogP contribution < -0.4 is 4.74 Å². The second-order valence-electron chi connectivity index (χ2n) is 7.21. The number of thiophene rings is 1. The first-order valence-electron chi connectivity index (χ1n) is 10.2. The van der Waals surface area contributed by atoms with Crippen LogP contribution in [0.1, 0.15) is 34.3 Å². The zero-order valence-corrected chi connectivity index (χ0v) is 18.1. The van der Waals surface area contributed by atoms with Crippen molar-refractivity contribution in [2.24, 2.45) is 0 Å². The summed E-state index contributed by atoms with van der Waals surface area (Å²) < 4.78 is 6.77. The van der Waals surface area contributed by atoms with Crippen LogP contribution in [-0.4, -0.2) is 69.0 Å². The van der Waals surface area contributed by atoms with Gasteiger partial charge in [0.05, 0.1) is 24.6 Å². The summed E-state index contributed by atoms with van der Waals surface area (Å²) in [6.07, 6.45) is 3.30. The lowest BCUT2D eigenvalue weighted by atomic mass is 10.1. The van der Waals surface area contributed by atoms with Crippen molar-refractivity contribution in [1.82, 2.24) is 29.8 Å². The summed E-state index contributed by atoms with van der Waals surface area (Å²) in [6.45, 7) is 6.34. The smallest absolute Gasteiger partial charge is 0.257 e. The molecular formula is C21H26N6O2S. The Bertz CT molecular complexity index is 970. The van der Waals surface area contributed by atoms with Crippen molar-refractivity contribution in [3.8, 4) is 11.7 Å². The van der Waals surface area contributed by atoms with Gasteiger partial charge in [-0.3, -0.25) is 9.69 Å². The van der Waals surface area contributed by atoms with Crippen molar-refractivity contribution in [3.05, 3.63) is 52.0 Å². The van der Waals surface area contributed by atoms with Gasteiger partial charge in [0.25, 0.3) is 5.91 Å². The summed E-state index contributed by atoms with van der Waals surface area (Å²) in [5, 5.41) is 14.7. The van der Waals surface area contributed by atoms with Crippen molar-refractivity contribution in [3.63, 3.8) is 0 Å². The molecule has 0 aliphatic carbocycles. The summed E-state index contributed by atoms with van der Waals surface area (Å²) in [4.78, 5) is 19.0. The van der Waals surface area contributed by atoms with E-state index in [9.17, 15) is 4.79 Å². The van der Waals surface area contributed by atoms with Gasteiger partial charge in [-0.05, 0) is 30.4 Å². The molecule has 3 aromatic heterocycles. The topological polar surface area (TPSA) is 76.4 Å². The molecule has 0 spiro atoms. The highest BCUT2D eigenvalue weighted by molar-refractivity contribution is 7.09. The highest BCUT2D eigenvalue weighted by Crippen LogP contribution is 2.19. The van der Waals surface area contributed by atoms with Crippen LogP contribution in [-0.2, 0) is 13.0 Å². The maximum Gasteiger partial charge on any atom is 0.257 e. The van der Waals surface area contributed by atoms with Gasteiger partial charge in [0.2, 0.25) is 5.88 Å². The zero-order valence-electron chi connectivity index (χ0n) is 17.3. The Hall–Kier alpha value is -2.78. The number of nitrogens with zero attached hydrogens (tertiary/aromatic N) is 6. The molecule has 0 saturated carbocycles. The van der Waals surface area contributed by atoms with Crippen molar-refractivity contribution in [2.45, 2.75) is 26.3 Å². The van der Waals surface area contributed by atoms with Gasteiger partial charge >= 0.3 is 0 Å². The molecule has 30 heavy (non-hydrogen) atoms. The summed E-state index contributed by atoms with van der Waals surface area (Å²) in [5.74, 6) is 1.05. The van der Waals surface area contributed by atoms with Crippen LogP contribution in [0.3, 0.4) is 0 Å². The average Bonchev–Trinajstić information content (AvgIpc) is 3.39. The molecule has 9 heteroatoms. The Morgan fingerprint density at radius 1 is 1.17 bits per heavy atom. The lowest BCUT2D eigenvalue weighted by molar-refractivity contribution is 0.0760. The van der Waals surface area contributed by atoms with Crippen molar-refractivity contribution < 1.29 is 9.53 Å². The van der Waals surface area contributed by atoms with Gasteiger partial charge in [-0.25, -0.2) is 4.68 Å². The standard InChI is InChI=1S/C21H26N6O2S/c1-3-18-17(14-22-27(18)19-7-8-20(29-2)24-23-19)21(28)26-10-5-9-25(11-12-26)15-16-6-4-13-30-16/h4,6-8,13-14H,3,5,9-12,15H2,1-2H3. The summed E-state index contributed by atoms with van der Waals surface area (Å²) in [6, 6.07) is 7.79. The first-order chi connectivity index (χ1) is 14.7. The van der Waals surface area contributed by atoms with E-state index < -0.39 is 0 Å². The van der Waals surface area contributed by atoms with E-state index in [4.69, 9.17) is 4.74 Å². The monoisotopic (exact) mass is 426 g/mol. The molecule has 3 aromatic rings. The number of carbonyl (C=O) groups is 1. The summed E-state index contributed by atoms with van der Waals surface area (Å²) in [7, 11) is 1.55.